The van der Waals surface area contributed by atoms with Gasteiger partial charge in [-0.05, 0) is 97.9 Å². The molecule has 7 aromatic rings. The lowest BCUT2D eigenvalue weighted by Crippen LogP contribution is -2.10. The highest BCUT2D eigenvalue weighted by Gasteiger charge is 2.21. The van der Waals surface area contributed by atoms with Gasteiger partial charge in [0, 0.05) is 21.9 Å². The summed E-state index contributed by atoms with van der Waals surface area (Å²) in [6, 6.07) is 43.7. The second kappa shape index (κ2) is 10.1. The van der Waals surface area contributed by atoms with Gasteiger partial charge >= 0.3 is 0 Å². The smallest absolute Gasteiger partial charge is 0.109 e. The fourth-order valence-electron chi connectivity index (χ4n) is 6.33. The summed E-state index contributed by atoms with van der Waals surface area (Å²) in [4.78, 5) is 3.62. The number of aromatic nitrogens is 1. The largest absolute Gasteiger partial charge is 0.355 e. The molecule has 0 fully saturated rings. The van der Waals surface area contributed by atoms with Crippen LogP contribution in [0.5, 0.6) is 0 Å². The Morgan fingerprint density at radius 2 is 1.19 bits per heavy atom. The van der Waals surface area contributed by atoms with E-state index in [1.807, 2.05) is 25.5 Å². The van der Waals surface area contributed by atoms with Crippen LogP contribution >= 0.6 is 7.14 Å². The maximum atomic E-state index is 12.8. The molecule has 212 valence electrons. The van der Waals surface area contributed by atoms with E-state index in [2.05, 4.69) is 135 Å². The molecular weight excluding hydrogens is 541 g/mol. The molecule has 43 heavy (non-hydrogen) atoms. The summed E-state index contributed by atoms with van der Waals surface area (Å²) >= 11 is 0. The molecule has 6 aromatic carbocycles. The lowest BCUT2D eigenvalue weighted by molar-refractivity contribution is 0.588. The summed E-state index contributed by atoms with van der Waals surface area (Å²) in [5.41, 5.74) is 9.55. The van der Waals surface area contributed by atoms with Crippen LogP contribution in [-0.4, -0.2) is 18.3 Å². The minimum absolute atomic E-state index is 0.00846. The zero-order chi connectivity index (χ0) is 29.9. The highest BCUT2D eigenvalue weighted by molar-refractivity contribution is 7.70. The van der Waals surface area contributed by atoms with E-state index in [0.717, 1.165) is 22.1 Å². The van der Waals surface area contributed by atoms with Crippen LogP contribution in [0.25, 0.3) is 66.0 Å². The Labute approximate surface area is 253 Å². The maximum absolute atomic E-state index is 12.8. The Morgan fingerprint density at radius 3 is 1.86 bits per heavy atom. The molecule has 0 saturated heterocycles. The number of benzene rings is 6. The first-order valence-electron chi connectivity index (χ1n) is 14.9. The average Bonchev–Trinajstić information content (AvgIpc) is 3.43. The SMILES string of the molecule is CC(C)(C)c1ccc2c(-c3ccc(P(C)(C)=O)cc3)c3ccccc3c(-c3cccc(-c4cc5ccccc5[nH]4)c3)c2c1. The average molecular weight is 578 g/mol. The molecule has 0 aliphatic heterocycles. The molecule has 3 heteroatoms. The van der Waals surface area contributed by atoms with Crippen LogP contribution in [0.15, 0.2) is 121 Å². The number of hydrogen-bond acceptors (Lipinski definition) is 1. The topological polar surface area (TPSA) is 32.9 Å². The highest BCUT2D eigenvalue weighted by atomic mass is 31.2. The van der Waals surface area contributed by atoms with E-state index in [9.17, 15) is 4.57 Å². The van der Waals surface area contributed by atoms with Crippen molar-refractivity contribution in [3.63, 3.8) is 0 Å². The Morgan fingerprint density at radius 1 is 0.558 bits per heavy atom. The maximum Gasteiger partial charge on any atom is 0.109 e. The van der Waals surface area contributed by atoms with Gasteiger partial charge in [0.25, 0.3) is 0 Å². The molecule has 1 N–H and O–H groups in total. The second-order valence-electron chi connectivity index (χ2n) is 13.1. The molecule has 0 spiro atoms. The lowest BCUT2D eigenvalue weighted by atomic mass is 9.81. The van der Waals surface area contributed by atoms with Crippen LogP contribution in [0.1, 0.15) is 26.3 Å². The number of rotatable bonds is 4. The zero-order valence-corrected chi connectivity index (χ0v) is 26.3. The molecule has 1 aromatic heterocycles. The first-order valence-corrected chi connectivity index (χ1v) is 17.5. The van der Waals surface area contributed by atoms with Crippen LogP contribution in [0.3, 0.4) is 0 Å². The fraction of sp³-hybridized carbons (Fsp3) is 0.150. The van der Waals surface area contributed by atoms with Gasteiger partial charge in [-0.1, -0.05) is 118 Å². The summed E-state index contributed by atoms with van der Waals surface area (Å²) in [6.45, 7) is 10.5. The molecule has 0 saturated carbocycles. The third-order valence-electron chi connectivity index (χ3n) is 8.66. The summed E-state index contributed by atoms with van der Waals surface area (Å²) in [5, 5.41) is 7.04. The monoisotopic (exact) mass is 577 g/mol. The van der Waals surface area contributed by atoms with Crippen molar-refractivity contribution >= 4 is 44.9 Å². The molecule has 7 rings (SSSR count). The molecule has 0 bridgehead atoms. The Bertz CT molecular complexity index is 2170. The summed E-state index contributed by atoms with van der Waals surface area (Å²) in [7, 11) is -2.34. The van der Waals surface area contributed by atoms with Crippen molar-refractivity contribution in [1.29, 1.82) is 0 Å². The van der Waals surface area contributed by atoms with E-state index in [1.54, 1.807) is 0 Å². The molecular formula is C40H36NOP. The van der Waals surface area contributed by atoms with E-state index in [0.29, 0.717) is 0 Å². The van der Waals surface area contributed by atoms with Crippen LogP contribution in [0.2, 0.25) is 0 Å². The first kappa shape index (κ1) is 27.4. The number of aromatic amines is 1. The third-order valence-corrected chi connectivity index (χ3v) is 10.2. The van der Waals surface area contributed by atoms with Crippen LogP contribution in [0.4, 0.5) is 0 Å². The van der Waals surface area contributed by atoms with E-state index in [1.165, 1.54) is 54.7 Å². The van der Waals surface area contributed by atoms with Gasteiger partial charge in [0.1, 0.15) is 7.14 Å². The molecule has 2 nitrogen and oxygen atoms in total. The lowest BCUT2D eigenvalue weighted by Gasteiger charge is -2.23. The molecule has 0 radical (unpaired) electrons. The number of nitrogens with one attached hydrogen (secondary N) is 1. The molecule has 1 heterocycles. The van der Waals surface area contributed by atoms with Crippen molar-refractivity contribution in [2.24, 2.45) is 0 Å². The van der Waals surface area contributed by atoms with Gasteiger partial charge in [0.2, 0.25) is 0 Å². The number of H-pyrrole nitrogens is 1. The first-order chi connectivity index (χ1) is 20.6. The Balaban J connectivity index is 1.53. The van der Waals surface area contributed by atoms with Crippen LogP contribution in [-0.2, 0) is 9.98 Å². The van der Waals surface area contributed by atoms with Gasteiger partial charge in [-0.3, -0.25) is 0 Å². The molecule has 0 unspecified atom stereocenters. The van der Waals surface area contributed by atoms with Crippen LogP contribution in [0, 0.1) is 0 Å². The predicted octanol–water partition coefficient (Wildman–Crippen LogP) is 11.0. The number of hydrogen-bond donors (Lipinski definition) is 1. The van der Waals surface area contributed by atoms with E-state index < -0.39 is 7.14 Å². The molecule has 0 amide bonds. The van der Waals surface area contributed by atoms with Gasteiger partial charge in [-0.15, -0.1) is 0 Å². The van der Waals surface area contributed by atoms with Gasteiger partial charge < -0.3 is 9.55 Å². The fourth-order valence-corrected chi connectivity index (χ4v) is 7.19. The minimum Gasteiger partial charge on any atom is -0.355 e. The van der Waals surface area contributed by atoms with Crippen molar-refractivity contribution in [3.8, 4) is 33.5 Å². The highest BCUT2D eigenvalue weighted by Crippen LogP contribution is 2.45. The van der Waals surface area contributed by atoms with Crippen molar-refractivity contribution in [2.75, 3.05) is 13.3 Å². The van der Waals surface area contributed by atoms with E-state index in [4.69, 9.17) is 0 Å². The molecule has 0 atom stereocenters. The van der Waals surface area contributed by atoms with Gasteiger partial charge in [-0.25, -0.2) is 0 Å². The molecule has 0 aliphatic rings. The number of para-hydroxylation sites is 1. The Hall–Kier alpha value is -4.39. The zero-order valence-electron chi connectivity index (χ0n) is 25.4. The van der Waals surface area contributed by atoms with E-state index >= 15 is 0 Å². The van der Waals surface area contributed by atoms with Gasteiger partial charge in [-0.2, -0.15) is 0 Å². The van der Waals surface area contributed by atoms with E-state index in [-0.39, 0.29) is 5.41 Å². The minimum atomic E-state index is -2.34. The van der Waals surface area contributed by atoms with Gasteiger partial charge in [0.05, 0.1) is 0 Å². The standard InChI is InChI=1S/C40H36NOP/c1-40(2,3)30-19-22-34-35(25-30)39(29-13-10-12-27(23-29)37-24-28-11-6-9-16-36(28)41-37)33-15-8-7-14-32(33)38(34)26-17-20-31(21-18-26)43(4,5)42/h6-25,41H,1-5H3. The summed E-state index contributed by atoms with van der Waals surface area (Å²) < 4.78 is 12.8. The number of fused-ring (bicyclic) bond motifs is 3. The van der Waals surface area contributed by atoms with Crippen molar-refractivity contribution in [3.05, 3.63) is 127 Å². The Kier molecular flexibility index (Phi) is 6.45. The van der Waals surface area contributed by atoms with Crippen molar-refractivity contribution in [1.82, 2.24) is 4.98 Å². The van der Waals surface area contributed by atoms with Crippen molar-refractivity contribution in [2.45, 2.75) is 26.2 Å². The van der Waals surface area contributed by atoms with Crippen molar-refractivity contribution < 1.29 is 4.57 Å². The third kappa shape index (κ3) is 4.90. The van der Waals surface area contributed by atoms with Crippen LogP contribution < -0.4 is 5.30 Å². The second-order valence-corrected chi connectivity index (χ2v) is 16.3. The summed E-state index contributed by atoms with van der Waals surface area (Å²) in [5.74, 6) is 0. The molecule has 0 aliphatic carbocycles. The summed E-state index contributed by atoms with van der Waals surface area (Å²) in [6.07, 6.45) is 0. The van der Waals surface area contributed by atoms with Gasteiger partial charge in [0.15, 0.2) is 0 Å². The predicted molar refractivity (Wildman–Crippen MR) is 187 cm³/mol. The quantitative estimate of drug-likeness (QED) is 0.164. The normalized spacial score (nSPS) is 12.4.